The lowest BCUT2D eigenvalue weighted by Crippen LogP contribution is -2.46. The van der Waals surface area contributed by atoms with Gasteiger partial charge in [0.25, 0.3) is 0 Å². The van der Waals surface area contributed by atoms with Crippen LogP contribution in [0.3, 0.4) is 0 Å². The Morgan fingerprint density at radius 3 is 3.00 bits per heavy atom. The summed E-state index contributed by atoms with van der Waals surface area (Å²) in [6, 6.07) is 6.96. The summed E-state index contributed by atoms with van der Waals surface area (Å²) in [4.78, 5) is 12.7. The maximum atomic E-state index is 10.9. The van der Waals surface area contributed by atoms with Crippen LogP contribution in [0, 0.1) is 11.3 Å². The van der Waals surface area contributed by atoms with Crippen molar-refractivity contribution < 1.29 is 14.6 Å². The van der Waals surface area contributed by atoms with Crippen LogP contribution in [0.1, 0.15) is 5.56 Å². The number of anilines is 1. The zero-order chi connectivity index (χ0) is 13.1. The van der Waals surface area contributed by atoms with E-state index < -0.39 is 12.1 Å². The lowest BCUT2D eigenvalue weighted by Gasteiger charge is -2.33. The van der Waals surface area contributed by atoms with E-state index in [1.54, 1.807) is 18.2 Å². The quantitative estimate of drug-likeness (QED) is 0.878. The van der Waals surface area contributed by atoms with Crippen molar-refractivity contribution in [2.75, 3.05) is 24.6 Å². The van der Waals surface area contributed by atoms with E-state index in [0.29, 0.717) is 23.7 Å². The van der Waals surface area contributed by atoms with Crippen molar-refractivity contribution in [2.45, 2.75) is 6.10 Å². The van der Waals surface area contributed by atoms with Crippen LogP contribution in [0.15, 0.2) is 18.2 Å². The van der Waals surface area contributed by atoms with Crippen LogP contribution in [0.5, 0.6) is 0 Å². The van der Waals surface area contributed by atoms with E-state index >= 15 is 0 Å². The standard InChI is InChI=1S/C12H11ClN2O3/c13-9-5-8(6-14)1-2-10(9)15-3-4-18-11(7-15)12(16)17/h1-2,5,11H,3-4,7H2,(H,16,17). The van der Waals surface area contributed by atoms with Crippen molar-refractivity contribution in [3.8, 4) is 6.07 Å². The first kappa shape index (κ1) is 12.7. The van der Waals surface area contributed by atoms with Crippen molar-refractivity contribution in [2.24, 2.45) is 0 Å². The van der Waals surface area contributed by atoms with E-state index in [1.807, 2.05) is 11.0 Å². The molecular formula is C12H11ClN2O3. The van der Waals surface area contributed by atoms with E-state index in [0.717, 1.165) is 5.69 Å². The van der Waals surface area contributed by atoms with Crippen LogP contribution >= 0.6 is 11.6 Å². The summed E-state index contributed by atoms with van der Waals surface area (Å²) in [6.45, 7) is 1.17. The molecule has 6 heteroatoms. The van der Waals surface area contributed by atoms with Gasteiger partial charge in [-0.1, -0.05) is 11.6 Å². The molecule has 0 bridgehead atoms. The van der Waals surface area contributed by atoms with Gasteiger partial charge in [0, 0.05) is 6.54 Å². The third-order valence-corrected chi connectivity index (χ3v) is 3.06. The molecule has 1 aromatic carbocycles. The number of aliphatic carboxylic acids is 1. The van der Waals surface area contributed by atoms with Gasteiger partial charge in [0.1, 0.15) is 0 Å². The Hall–Kier alpha value is -1.77. The fraction of sp³-hybridized carbons (Fsp3) is 0.333. The molecule has 1 aliphatic rings. The number of nitrogens with zero attached hydrogens (tertiary/aromatic N) is 2. The molecule has 18 heavy (non-hydrogen) atoms. The molecule has 0 aromatic heterocycles. The second kappa shape index (κ2) is 5.25. The second-order valence-electron chi connectivity index (χ2n) is 3.92. The number of carbonyl (C=O) groups is 1. The number of benzene rings is 1. The minimum atomic E-state index is -0.982. The highest BCUT2D eigenvalue weighted by Crippen LogP contribution is 2.28. The first-order valence-electron chi connectivity index (χ1n) is 5.41. The van der Waals surface area contributed by atoms with Gasteiger partial charge in [-0.15, -0.1) is 0 Å². The Balaban J connectivity index is 2.21. The van der Waals surface area contributed by atoms with Gasteiger partial charge in [-0.25, -0.2) is 4.79 Å². The molecule has 2 rings (SSSR count). The molecule has 1 aromatic rings. The zero-order valence-corrected chi connectivity index (χ0v) is 10.2. The molecule has 5 nitrogen and oxygen atoms in total. The first-order chi connectivity index (χ1) is 8.61. The van der Waals surface area contributed by atoms with Crippen molar-refractivity contribution in [1.29, 1.82) is 5.26 Å². The molecule has 1 N–H and O–H groups in total. The van der Waals surface area contributed by atoms with Gasteiger partial charge in [-0.2, -0.15) is 5.26 Å². The van der Waals surface area contributed by atoms with Crippen LogP contribution in [-0.4, -0.2) is 36.9 Å². The van der Waals surface area contributed by atoms with E-state index in [1.165, 1.54) is 0 Å². The van der Waals surface area contributed by atoms with Crippen LogP contribution in [-0.2, 0) is 9.53 Å². The van der Waals surface area contributed by atoms with E-state index in [2.05, 4.69) is 0 Å². The average Bonchev–Trinajstić information content (AvgIpc) is 2.38. The number of morpholine rings is 1. The summed E-state index contributed by atoms with van der Waals surface area (Å²) < 4.78 is 5.14. The van der Waals surface area contributed by atoms with Gasteiger partial charge >= 0.3 is 5.97 Å². The topological polar surface area (TPSA) is 73.6 Å². The highest BCUT2D eigenvalue weighted by Gasteiger charge is 2.27. The molecule has 0 aliphatic carbocycles. The predicted octanol–water partition coefficient (Wildman–Crippen LogP) is 1.50. The van der Waals surface area contributed by atoms with Crippen LogP contribution < -0.4 is 4.90 Å². The summed E-state index contributed by atoms with van der Waals surface area (Å²) in [7, 11) is 0. The molecule has 94 valence electrons. The third kappa shape index (κ3) is 2.55. The highest BCUT2D eigenvalue weighted by atomic mass is 35.5. The number of nitriles is 1. The average molecular weight is 267 g/mol. The zero-order valence-electron chi connectivity index (χ0n) is 9.47. The van der Waals surface area contributed by atoms with Gasteiger partial charge in [-0.3, -0.25) is 0 Å². The van der Waals surface area contributed by atoms with E-state index in [9.17, 15) is 4.79 Å². The number of hydrogen-bond donors (Lipinski definition) is 1. The number of hydrogen-bond acceptors (Lipinski definition) is 4. The Morgan fingerprint density at radius 1 is 1.61 bits per heavy atom. The maximum Gasteiger partial charge on any atom is 0.334 e. The van der Waals surface area contributed by atoms with Gasteiger partial charge in [0.05, 0.1) is 35.5 Å². The van der Waals surface area contributed by atoms with Crippen LogP contribution in [0.25, 0.3) is 0 Å². The minimum Gasteiger partial charge on any atom is -0.479 e. The molecule has 1 fully saturated rings. The summed E-state index contributed by atoms with van der Waals surface area (Å²) in [5.41, 5.74) is 1.21. The molecule has 0 saturated carbocycles. The number of ether oxygens (including phenoxy) is 1. The number of carboxylic acid groups (broad SMARTS) is 1. The molecule has 1 unspecified atom stereocenters. The van der Waals surface area contributed by atoms with Crippen molar-refractivity contribution >= 4 is 23.3 Å². The fourth-order valence-corrected chi connectivity index (χ4v) is 2.15. The normalized spacial score (nSPS) is 19.3. The maximum absolute atomic E-state index is 10.9. The molecular weight excluding hydrogens is 256 g/mol. The van der Waals surface area contributed by atoms with E-state index in [-0.39, 0.29) is 6.54 Å². The number of rotatable bonds is 2. The number of carboxylic acids is 1. The first-order valence-corrected chi connectivity index (χ1v) is 5.78. The van der Waals surface area contributed by atoms with Gasteiger partial charge in [-0.05, 0) is 18.2 Å². The van der Waals surface area contributed by atoms with E-state index in [4.69, 9.17) is 26.7 Å². The van der Waals surface area contributed by atoms with Gasteiger partial charge in [0.15, 0.2) is 6.10 Å². The smallest absolute Gasteiger partial charge is 0.334 e. The molecule has 0 spiro atoms. The Labute approximate surface area is 109 Å². The SMILES string of the molecule is N#Cc1ccc(N2CCOC(C(=O)O)C2)c(Cl)c1. The number of halogens is 1. The summed E-state index contributed by atoms with van der Waals surface area (Å²) in [5, 5.41) is 18.1. The summed E-state index contributed by atoms with van der Waals surface area (Å²) in [5.74, 6) is -0.982. The molecule has 0 amide bonds. The van der Waals surface area contributed by atoms with Crippen molar-refractivity contribution in [3.05, 3.63) is 28.8 Å². The largest absolute Gasteiger partial charge is 0.479 e. The summed E-state index contributed by atoms with van der Waals surface area (Å²) in [6.07, 6.45) is -0.842. The lowest BCUT2D eigenvalue weighted by molar-refractivity contribution is -0.150. The fourth-order valence-electron chi connectivity index (χ4n) is 1.85. The Morgan fingerprint density at radius 2 is 2.39 bits per heavy atom. The summed E-state index contributed by atoms with van der Waals surface area (Å²) >= 11 is 6.09. The predicted molar refractivity (Wildman–Crippen MR) is 65.8 cm³/mol. The Bertz CT molecular complexity index is 513. The molecule has 0 radical (unpaired) electrons. The minimum absolute atomic E-state index is 0.251. The van der Waals surface area contributed by atoms with Gasteiger partial charge in [0.2, 0.25) is 0 Å². The second-order valence-corrected chi connectivity index (χ2v) is 4.33. The molecule has 1 saturated heterocycles. The van der Waals surface area contributed by atoms with Crippen LogP contribution in [0.4, 0.5) is 5.69 Å². The lowest BCUT2D eigenvalue weighted by atomic mass is 10.2. The Kier molecular flexibility index (Phi) is 3.70. The molecule has 1 heterocycles. The van der Waals surface area contributed by atoms with Crippen molar-refractivity contribution in [3.63, 3.8) is 0 Å². The monoisotopic (exact) mass is 266 g/mol. The van der Waals surface area contributed by atoms with Crippen molar-refractivity contribution in [1.82, 2.24) is 0 Å². The molecule has 1 aliphatic heterocycles. The van der Waals surface area contributed by atoms with Gasteiger partial charge < -0.3 is 14.7 Å². The third-order valence-electron chi connectivity index (χ3n) is 2.76. The molecule has 1 atom stereocenters. The highest BCUT2D eigenvalue weighted by molar-refractivity contribution is 6.33. The van der Waals surface area contributed by atoms with Crippen LogP contribution in [0.2, 0.25) is 5.02 Å².